The summed E-state index contributed by atoms with van der Waals surface area (Å²) < 4.78 is 22.8. The number of anilines is 1. The SMILES string of the molecule is CC(C)(C)OC(=O)Nc1cccnc1COC1CCC2(CC1)OCCO2. The molecule has 1 aromatic heterocycles. The van der Waals surface area contributed by atoms with E-state index in [4.69, 9.17) is 18.9 Å². The number of pyridine rings is 1. The fraction of sp³-hybridized carbons (Fsp3) is 0.684. The van der Waals surface area contributed by atoms with Crippen molar-refractivity contribution >= 4 is 11.8 Å². The number of nitrogens with zero attached hydrogens (tertiary/aromatic N) is 1. The highest BCUT2D eigenvalue weighted by molar-refractivity contribution is 5.85. The van der Waals surface area contributed by atoms with Crippen molar-refractivity contribution in [3.8, 4) is 0 Å². The van der Waals surface area contributed by atoms with Crippen LogP contribution in [0.1, 0.15) is 52.1 Å². The zero-order chi connectivity index (χ0) is 18.6. The first kappa shape index (κ1) is 19.1. The summed E-state index contributed by atoms with van der Waals surface area (Å²) >= 11 is 0. The zero-order valence-corrected chi connectivity index (χ0v) is 15.7. The van der Waals surface area contributed by atoms with Gasteiger partial charge in [0.05, 0.1) is 37.3 Å². The summed E-state index contributed by atoms with van der Waals surface area (Å²) in [5.74, 6) is -0.381. The number of carbonyl (C=O) groups is 1. The van der Waals surface area contributed by atoms with Crippen LogP contribution in [0, 0.1) is 0 Å². The second-order valence-corrected chi connectivity index (χ2v) is 7.74. The number of hydrogen-bond donors (Lipinski definition) is 1. The molecule has 0 atom stereocenters. The van der Waals surface area contributed by atoms with E-state index in [1.54, 1.807) is 18.3 Å². The lowest BCUT2D eigenvalue weighted by molar-refractivity contribution is -0.192. The monoisotopic (exact) mass is 364 g/mol. The van der Waals surface area contributed by atoms with Crippen molar-refractivity contribution in [2.24, 2.45) is 0 Å². The van der Waals surface area contributed by atoms with Crippen molar-refractivity contribution in [3.05, 3.63) is 24.0 Å². The van der Waals surface area contributed by atoms with Crippen molar-refractivity contribution < 1.29 is 23.7 Å². The summed E-state index contributed by atoms with van der Waals surface area (Å²) in [4.78, 5) is 16.3. The van der Waals surface area contributed by atoms with Crippen LogP contribution in [0.3, 0.4) is 0 Å². The quantitative estimate of drug-likeness (QED) is 0.879. The maximum atomic E-state index is 12.0. The largest absolute Gasteiger partial charge is 0.444 e. The minimum Gasteiger partial charge on any atom is -0.444 e. The molecule has 1 amide bonds. The van der Waals surface area contributed by atoms with Gasteiger partial charge in [-0.25, -0.2) is 4.79 Å². The van der Waals surface area contributed by atoms with Gasteiger partial charge in [0, 0.05) is 19.0 Å². The second kappa shape index (κ2) is 7.90. The number of nitrogens with one attached hydrogen (secondary N) is 1. The summed E-state index contributed by atoms with van der Waals surface area (Å²) in [6.07, 6.45) is 4.82. The summed E-state index contributed by atoms with van der Waals surface area (Å²) in [6, 6.07) is 3.57. The Kier molecular flexibility index (Phi) is 5.79. The van der Waals surface area contributed by atoms with Crippen LogP contribution in [-0.2, 0) is 25.6 Å². The number of amides is 1. The Balaban J connectivity index is 1.51. The Morgan fingerprint density at radius 1 is 1.31 bits per heavy atom. The Labute approximate surface area is 154 Å². The molecule has 0 bridgehead atoms. The molecule has 1 saturated heterocycles. The van der Waals surface area contributed by atoms with Crippen LogP contribution in [0.2, 0.25) is 0 Å². The van der Waals surface area contributed by atoms with E-state index in [0.29, 0.717) is 31.2 Å². The minimum absolute atomic E-state index is 0.143. The molecule has 3 rings (SSSR count). The van der Waals surface area contributed by atoms with Gasteiger partial charge in [-0.2, -0.15) is 0 Å². The van der Waals surface area contributed by atoms with Gasteiger partial charge in [0.2, 0.25) is 0 Å². The van der Waals surface area contributed by atoms with Gasteiger partial charge in [-0.15, -0.1) is 0 Å². The van der Waals surface area contributed by atoms with Crippen molar-refractivity contribution in [1.82, 2.24) is 4.98 Å². The lowest BCUT2D eigenvalue weighted by atomic mass is 9.92. The first-order chi connectivity index (χ1) is 12.4. The van der Waals surface area contributed by atoms with E-state index in [1.807, 2.05) is 20.8 Å². The third-order valence-electron chi connectivity index (χ3n) is 4.49. The summed E-state index contributed by atoms with van der Waals surface area (Å²) in [7, 11) is 0. The highest BCUT2D eigenvalue weighted by Crippen LogP contribution is 2.37. The molecule has 7 heteroatoms. The third-order valence-corrected chi connectivity index (χ3v) is 4.49. The molecule has 0 aromatic carbocycles. The van der Waals surface area contributed by atoms with Crippen LogP contribution < -0.4 is 5.32 Å². The van der Waals surface area contributed by atoms with Crippen molar-refractivity contribution in [1.29, 1.82) is 0 Å². The highest BCUT2D eigenvalue weighted by Gasteiger charge is 2.40. The van der Waals surface area contributed by atoms with E-state index in [1.165, 1.54) is 0 Å². The molecule has 1 aromatic rings. The van der Waals surface area contributed by atoms with Gasteiger partial charge in [0.25, 0.3) is 0 Å². The number of ether oxygens (including phenoxy) is 4. The van der Waals surface area contributed by atoms with Gasteiger partial charge >= 0.3 is 6.09 Å². The Bertz CT molecular complexity index is 613. The molecule has 1 spiro atoms. The fourth-order valence-electron chi connectivity index (χ4n) is 3.26. The number of hydrogen-bond acceptors (Lipinski definition) is 6. The van der Waals surface area contributed by atoms with E-state index >= 15 is 0 Å². The molecule has 1 N–H and O–H groups in total. The number of carbonyl (C=O) groups excluding carboxylic acids is 1. The molecule has 2 heterocycles. The lowest BCUT2D eigenvalue weighted by Crippen LogP contribution is -2.37. The van der Waals surface area contributed by atoms with Gasteiger partial charge in [-0.1, -0.05) is 0 Å². The van der Waals surface area contributed by atoms with Crippen molar-refractivity contribution in [2.75, 3.05) is 18.5 Å². The van der Waals surface area contributed by atoms with E-state index in [-0.39, 0.29) is 11.9 Å². The molecule has 26 heavy (non-hydrogen) atoms. The number of aromatic nitrogens is 1. The Morgan fingerprint density at radius 2 is 2.00 bits per heavy atom. The molecule has 1 aliphatic carbocycles. The zero-order valence-electron chi connectivity index (χ0n) is 15.7. The predicted octanol–water partition coefficient (Wildman–Crippen LogP) is 3.63. The average Bonchev–Trinajstić information content (AvgIpc) is 3.02. The molecule has 144 valence electrons. The Morgan fingerprint density at radius 3 is 2.65 bits per heavy atom. The molecule has 2 aliphatic rings. The normalized spacial score (nSPS) is 20.3. The molecule has 7 nitrogen and oxygen atoms in total. The standard InChI is InChI=1S/C19H28N2O5/c1-18(2,3)26-17(22)21-15-5-4-10-20-16(15)13-23-14-6-8-19(9-7-14)24-11-12-25-19/h4-5,10,14H,6-9,11-13H2,1-3H3,(H,21,22). The molecule has 0 radical (unpaired) electrons. The molecule has 1 saturated carbocycles. The minimum atomic E-state index is -0.550. The highest BCUT2D eigenvalue weighted by atomic mass is 16.7. The van der Waals surface area contributed by atoms with Crippen LogP contribution >= 0.6 is 0 Å². The molecule has 2 fully saturated rings. The van der Waals surface area contributed by atoms with E-state index in [9.17, 15) is 4.79 Å². The topological polar surface area (TPSA) is 78.9 Å². The van der Waals surface area contributed by atoms with Gasteiger partial charge in [-0.3, -0.25) is 10.3 Å². The van der Waals surface area contributed by atoms with Gasteiger partial charge in [-0.05, 0) is 45.7 Å². The number of rotatable bonds is 4. The Hall–Kier alpha value is -1.70. The molecular formula is C19H28N2O5. The van der Waals surface area contributed by atoms with Crippen LogP contribution in [0.25, 0.3) is 0 Å². The van der Waals surface area contributed by atoms with Crippen LogP contribution in [0.5, 0.6) is 0 Å². The van der Waals surface area contributed by atoms with Gasteiger partial charge in [0.1, 0.15) is 5.60 Å². The second-order valence-electron chi connectivity index (χ2n) is 7.74. The molecular weight excluding hydrogens is 336 g/mol. The molecule has 0 unspecified atom stereocenters. The van der Waals surface area contributed by atoms with Crippen LogP contribution in [-0.4, -0.2) is 41.8 Å². The van der Waals surface area contributed by atoms with E-state index in [0.717, 1.165) is 25.7 Å². The van der Waals surface area contributed by atoms with Crippen molar-refractivity contribution in [3.63, 3.8) is 0 Å². The van der Waals surface area contributed by atoms with Crippen LogP contribution in [0.15, 0.2) is 18.3 Å². The van der Waals surface area contributed by atoms with Crippen LogP contribution in [0.4, 0.5) is 10.5 Å². The van der Waals surface area contributed by atoms with Gasteiger partial charge < -0.3 is 18.9 Å². The average molecular weight is 364 g/mol. The maximum Gasteiger partial charge on any atom is 0.412 e. The smallest absolute Gasteiger partial charge is 0.412 e. The van der Waals surface area contributed by atoms with E-state index < -0.39 is 11.7 Å². The first-order valence-electron chi connectivity index (χ1n) is 9.19. The molecule has 1 aliphatic heterocycles. The van der Waals surface area contributed by atoms with Crippen molar-refractivity contribution in [2.45, 2.75) is 70.6 Å². The van der Waals surface area contributed by atoms with Gasteiger partial charge in [0.15, 0.2) is 5.79 Å². The summed E-state index contributed by atoms with van der Waals surface area (Å²) in [5, 5.41) is 2.75. The summed E-state index contributed by atoms with van der Waals surface area (Å²) in [6.45, 7) is 7.18. The van der Waals surface area contributed by atoms with E-state index in [2.05, 4.69) is 10.3 Å². The third kappa shape index (κ3) is 5.16. The first-order valence-corrected chi connectivity index (χ1v) is 9.19. The predicted molar refractivity (Wildman–Crippen MR) is 95.8 cm³/mol. The fourth-order valence-corrected chi connectivity index (χ4v) is 3.26. The lowest BCUT2D eigenvalue weighted by Gasteiger charge is -2.35. The summed E-state index contributed by atoms with van der Waals surface area (Å²) in [5.41, 5.74) is 0.745. The maximum absolute atomic E-state index is 12.0.